The Morgan fingerprint density at radius 3 is 1.47 bits per heavy atom. The Morgan fingerprint density at radius 1 is 0.645 bits per heavy atom. The number of aryl methyl sites for hydroxylation is 1. The van der Waals surface area contributed by atoms with E-state index in [1.165, 1.54) is 11.0 Å². The molecule has 12 nitrogen and oxygen atoms in total. The van der Waals surface area contributed by atoms with Crippen LogP contribution in [0, 0.1) is 6.92 Å². The summed E-state index contributed by atoms with van der Waals surface area (Å²) in [6.07, 6.45) is 5.78. The minimum absolute atomic E-state index is 0.103. The van der Waals surface area contributed by atoms with Crippen LogP contribution in [0.15, 0.2) is 128 Å². The van der Waals surface area contributed by atoms with Crippen molar-refractivity contribution in [3.8, 4) is 44.9 Å². The maximum Gasteiger partial charge on any atom is 0.266 e. The van der Waals surface area contributed by atoms with Crippen LogP contribution >= 0.6 is 0 Å². The van der Waals surface area contributed by atoms with E-state index in [4.69, 9.17) is 20.3 Å². The van der Waals surface area contributed by atoms with Gasteiger partial charge in [0.15, 0.2) is 0 Å². The number of hydrogen-bond donors (Lipinski definition) is 4. The van der Waals surface area contributed by atoms with Crippen LogP contribution in [0.2, 0.25) is 0 Å². The van der Waals surface area contributed by atoms with Gasteiger partial charge in [-0.1, -0.05) is 109 Å². The summed E-state index contributed by atoms with van der Waals surface area (Å²) >= 11 is 0. The fraction of sp³-hybridized carbons (Fsp3) is 0.280. The molecule has 0 radical (unpaired) electrons. The lowest BCUT2D eigenvalue weighted by molar-refractivity contribution is 0.208. The van der Waals surface area contributed by atoms with Gasteiger partial charge in [-0.25, -0.2) is 0 Å². The number of aliphatic hydroxyl groups excluding tert-OH is 1. The molecule has 4 heterocycles. The minimum atomic E-state index is -0.579. The first-order valence-corrected chi connectivity index (χ1v) is 21.2. The highest BCUT2D eigenvalue weighted by Gasteiger charge is 2.35. The third kappa shape index (κ3) is 7.23. The lowest BCUT2D eigenvalue weighted by Gasteiger charge is -2.38. The number of nitrogens with one attached hydrogen (secondary N) is 1. The van der Waals surface area contributed by atoms with E-state index >= 15 is 0 Å². The molecule has 2 saturated carbocycles. The van der Waals surface area contributed by atoms with Gasteiger partial charge in [0, 0.05) is 54.0 Å². The molecule has 8 aromatic rings. The fourth-order valence-corrected chi connectivity index (χ4v) is 8.53. The van der Waals surface area contributed by atoms with E-state index in [9.17, 15) is 14.7 Å². The number of furan rings is 2. The highest BCUT2D eigenvalue weighted by atomic mass is 16.3. The summed E-state index contributed by atoms with van der Waals surface area (Å²) < 4.78 is 15.4. The molecule has 0 amide bonds. The first kappa shape index (κ1) is 40.8. The third-order valence-electron chi connectivity index (χ3n) is 12.7. The Bertz CT molecular complexity index is 3030. The molecule has 0 spiro atoms. The molecule has 0 saturated heterocycles. The summed E-state index contributed by atoms with van der Waals surface area (Å²) in [6.45, 7) is 3.74. The van der Waals surface area contributed by atoms with Crippen molar-refractivity contribution >= 4 is 28.1 Å². The Balaban J connectivity index is 0.000000159. The summed E-state index contributed by atoms with van der Waals surface area (Å²) in [5.74, 6) is 2.22. The molecule has 2 aliphatic carbocycles. The molecule has 62 heavy (non-hydrogen) atoms. The highest BCUT2D eigenvalue weighted by Crippen LogP contribution is 2.44. The zero-order valence-corrected chi connectivity index (χ0v) is 35.4. The smallest absolute Gasteiger partial charge is 0.266 e. The van der Waals surface area contributed by atoms with Gasteiger partial charge in [0.05, 0.1) is 6.10 Å². The average Bonchev–Trinajstić information content (AvgIpc) is 3.85. The van der Waals surface area contributed by atoms with Gasteiger partial charge in [0.25, 0.3) is 11.1 Å². The van der Waals surface area contributed by atoms with Crippen molar-refractivity contribution in [2.45, 2.75) is 69.6 Å². The highest BCUT2D eigenvalue weighted by molar-refractivity contribution is 6.01. The van der Waals surface area contributed by atoms with Crippen LogP contribution < -0.4 is 27.9 Å². The molecule has 0 unspecified atom stereocenters. The molecular formula is C50H51N7O5. The molecule has 4 aromatic carbocycles. The number of rotatable bonds is 9. The average molecular weight is 830 g/mol. The van der Waals surface area contributed by atoms with Gasteiger partial charge < -0.3 is 30.7 Å². The number of hydrogen-bond acceptors (Lipinski definition) is 10. The second kappa shape index (κ2) is 16.0. The largest absolute Gasteiger partial charge is 0.437 e. The van der Waals surface area contributed by atoms with Gasteiger partial charge in [0.2, 0.25) is 17.4 Å². The van der Waals surface area contributed by atoms with Gasteiger partial charge in [-0.15, -0.1) is 0 Å². The van der Waals surface area contributed by atoms with Crippen molar-refractivity contribution in [2.24, 2.45) is 25.6 Å². The summed E-state index contributed by atoms with van der Waals surface area (Å²) in [5, 5.41) is 13.6. The van der Waals surface area contributed by atoms with Crippen LogP contribution in [0.4, 0.5) is 5.95 Å². The monoisotopic (exact) mass is 829 g/mol. The molecule has 6 N–H and O–H groups in total. The van der Waals surface area contributed by atoms with Crippen molar-refractivity contribution in [1.29, 1.82) is 0 Å². The molecule has 12 heteroatoms. The quantitative estimate of drug-likeness (QED) is 0.110. The van der Waals surface area contributed by atoms with E-state index in [-0.39, 0.29) is 34.5 Å². The molecule has 4 aromatic heterocycles. The minimum Gasteiger partial charge on any atom is -0.437 e. The Kier molecular flexibility index (Phi) is 10.5. The maximum atomic E-state index is 13.4. The van der Waals surface area contributed by atoms with Crippen LogP contribution in [-0.4, -0.2) is 36.9 Å². The van der Waals surface area contributed by atoms with Gasteiger partial charge >= 0.3 is 0 Å². The second-order valence-electron chi connectivity index (χ2n) is 16.9. The Morgan fingerprint density at radius 2 is 1.06 bits per heavy atom. The molecular weight excluding hydrogens is 779 g/mol. The van der Waals surface area contributed by atoms with Crippen molar-refractivity contribution in [3.63, 3.8) is 0 Å². The van der Waals surface area contributed by atoms with Gasteiger partial charge in [-0.05, 0) is 74.6 Å². The molecule has 316 valence electrons. The predicted octanol–water partition coefficient (Wildman–Crippen LogP) is 8.50. The zero-order chi connectivity index (χ0) is 43.3. The van der Waals surface area contributed by atoms with Gasteiger partial charge in [-0.2, -0.15) is 9.97 Å². The number of aromatic nitrogens is 4. The van der Waals surface area contributed by atoms with Crippen LogP contribution in [0.3, 0.4) is 0 Å². The van der Waals surface area contributed by atoms with Gasteiger partial charge in [-0.3, -0.25) is 18.7 Å². The summed E-state index contributed by atoms with van der Waals surface area (Å²) in [6, 6.07) is 35.9. The molecule has 1 atom stereocenters. The molecule has 0 aliphatic heterocycles. The third-order valence-corrected chi connectivity index (χ3v) is 12.7. The second-order valence-corrected chi connectivity index (χ2v) is 16.9. The Labute approximate surface area is 358 Å². The van der Waals surface area contributed by atoms with Crippen molar-refractivity contribution in [3.05, 3.63) is 147 Å². The number of benzene rings is 4. The van der Waals surface area contributed by atoms with E-state index in [0.717, 1.165) is 76.6 Å². The van der Waals surface area contributed by atoms with Crippen LogP contribution in [0.1, 0.15) is 62.4 Å². The SMILES string of the molecule is C[C@H](O)CNc1nc2oc(-c3ccc(C4(N)CCC4)cc3)c(-c3ccccc3)c2c(=O)n1C.Cc1nc2oc(-c3ccc(C4(N)CCC4)cc3)c(-c3ccccc3)c2c(=O)n1C. The van der Waals surface area contributed by atoms with Crippen LogP contribution in [-0.2, 0) is 25.2 Å². The van der Waals surface area contributed by atoms with Crippen molar-refractivity contribution in [2.75, 3.05) is 11.9 Å². The van der Waals surface area contributed by atoms with Crippen molar-refractivity contribution < 1.29 is 13.9 Å². The molecule has 2 aliphatic rings. The van der Waals surface area contributed by atoms with Crippen molar-refractivity contribution in [1.82, 2.24) is 19.1 Å². The number of anilines is 1. The first-order chi connectivity index (χ1) is 29.8. The standard InChI is InChI=1S/C26H28N4O3.C24H23N3O2/c1-16(31)15-28-25-29-23-21(24(32)30(25)2)20(17-7-4-3-5-8-17)22(33-23)18-9-11-19(12-10-18)26(27)13-6-14-26;1-15-26-22-20(23(28)27(15)2)19(16-7-4-3-5-8-16)21(29-22)17-9-11-18(12-10-17)24(25)13-6-14-24/h3-5,7-12,16,31H,6,13-15,27H2,1-2H3,(H,28,29);3-5,7-12H,6,13-14,25H2,1-2H3/t16-;/m0./s1. The molecule has 10 rings (SSSR count). The Hall–Kier alpha value is -6.60. The number of fused-ring (bicyclic) bond motifs is 2. The fourth-order valence-electron chi connectivity index (χ4n) is 8.53. The summed E-state index contributed by atoms with van der Waals surface area (Å²) in [5.41, 5.74) is 20.2. The van der Waals surface area contributed by atoms with E-state index in [1.807, 2.05) is 84.9 Å². The normalized spacial score (nSPS) is 15.7. The molecule has 2 fully saturated rings. The predicted molar refractivity (Wildman–Crippen MR) is 245 cm³/mol. The van der Waals surface area contributed by atoms with Crippen LogP contribution in [0.25, 0.3) is 67.1 Å². The lowest BCUT2D eigenvalue weighted by atomic mass is 9.72. The summed E-state index contributed by atoms with van der Waals surface area (Å²) in [7, 11) is 3.40. The van der Waals surface area contributed by atoms with Crippen LogP contribution in [0.5, 0.6) is 0 Å². The topological polar surface area (TPSA) is 180 Å². The summed E-state index contributed by atoms with van der Waals surface area (Å²) in [4.78, 5) is 35.6. The maximum absolute atomic E-state index is 13.4. The number of aliphatic hydroxyl groups is 1. The van der Waals surface area contributed by atoms with E-state index < -0.39 is 6.10 Å². The zero-order valence-electron chi connectivity index (χ0n) is 35.4. The lowest BCUT2D eigenvalue weighted by Crippen LogP contribution is -2.43. The molecule has 0 bridgehead atoms. The number of nitrogens with zero attached hydrogens (tertiary/aromatic N) is 4. The van der Waals surface area contributed by atoms with E-state index in [2.05, 4.69) is 39.6 Å². The number of nitrogens with two attached hydrogens (primary N) is 2. The first-order valence-electron chi connectivity index (χ1n) is 21.2. The van der Waals surface area contributed by atoms with E-state index in [1.54, 1.807) is 32.5 Å². The van der Waals surface area contributed by atoms with E-state index in [0.29, 0.717) is 39.8 Å². The van der Waals surface area contributed by atoms with Gasteiger partial charge in [0.1, 0.15) is 28.1 Å².